The molecule has 0 spiro atoms. The molecule has 0 radical (unpaired) electrons. The van der Waals surface area contributed by atoms with Crippen molar-refractivity contribution < 1.29 is 0 Å². The molecule has 8 aromatic carbocycles. The molecule has 0 aliphatic heterocycles. The van der Waals surface area contributed by atoms with Crippen molar-refractivity contribution in [2.45, 2.75) is 0 Å². The molecule has 2 heteroatoms. The summed E-state index contributed by atoms with van der Waals surface area (Å²) in [5.41, 5.74) is 17.6. The number of anilines is 6. The molecule has 0 heterocycles. The maximum Gasteiger partial charge on any atom is 0.0462 e. The Morgan fingerprint density at radius 1 is 0.274 bits per heavy atom. The number of nitrogens with zero attached hydrogens (tertiary/aromatic N) is 2. The molecule has 0 aliphatic carbocycles. The van der Waals surface area contributed by atoms with Gasteiger partial charge in [-0.2, -0.15) is 0 Å². The van der Waals surface area contributed by atoms with Crippen molar-refractivity contribution in [3.63, 3.8) is 0 Å². The molecular formula is C60H48N2. The minimum absolute atomic E-state index is 1.03. The van der Waals surface area contributed by atoms with Crippen LogP contribution in [0.15, 0.2) is 269 Å². The fraction of sp³-hybridized carbons (Fsp3) is 0. The maximum absolute atomic E-state index is 4.01. The van der Waals surface area contributed by atoms with E-state index in [1.165, 1.54) is 22.3 Å². The van der Waals surface area contributed by atoms with Gasteiger partial charge in [0.15, 0.2) is 0 Å². The standard InChI is InChI=1S/C60H48N2/c1-5-15-45(7-3)49-21-33-55(34-22-49)61(57-37-25-51(26-38-57)47-17-11-9-12-18-47)59-41-29-53(30-42-59)54-31-43-60(44-32-54)62(56-35-23-50(24-36-56)46(8-4)16-6-2)58-39-27-52(28-40-58)48-19-13-10-14-20-48/h5-44H,1-4H2/b45-15+,46-16+. The van der Waals surface area contributed by atoms with E-state index in [1.54, 1.807) is 12.2 Å². The molecule has 0 atom stereocenters. The number of allylic oxidation sites excluding steroid dienone is 8. The second-order valence-electron chi connectivity index (χ2n) is 14.8. The highest BCUT2D eigenvalue weighted by molar-refractivity contribution is 5.84. The lowest BCUT2D eigenvalue weighted by atomic mass is 10.0. The number of rotatable bonds is 15. The zero-order chi connectivity index (χ0) is 42.7. The van der Waals surface area contributed by atoms with Crippen LogP contribution >= 0.6 is 0 Å². The summed E-state index contributed by atoms with van der Waals surface area (Å²) in [6.07, 6.45) is 11.3. The SMILES string of the molecule is C=C/C=C(\C=C)c1ccc(N(c2ccc(-c3ccccc3)cc2)c2ccc(-c3ccc(N(c4ccc(/C(C=C)=C/C=C)cc4)c4ccc(-c5ccccc5)cc4)cc3)cc2)cc1. The van der Waals surface area contributed by atoms with Gasteiger partial charge in [0.05, 0.1) is 0 Å². The smallest absolute Gasteiger partial charge is 0.0462 e. The summed E-state index contributed by atoms with van der Waals surface area (Å²) in [5.74, 6) is 0. The zero-order valence-corrected chi connectivity index (χ0v) is 34.8. The molecule has 2 nitrogen and oxygen atoms in total. The number of hydrogen-bond acceptors (Lipinski definition) is 2. The molecule has 8 aromatic rings. The van der Waals surface area contributed by atoms with E-state index < -0.39 is 0 Å². The van der Waals surface area contributed by atoms with Crippen molar-refractivity contribution in [3.8, 4) is 33.4 Å². The van der Waals surface area contributed by atoms with Gasteiger partial charge < -0.3 is 9.80 Å². The Hall–Kier alpha value is -8.20. The first-order chi connectivity index (χ1) is 30.6. The van der Waals surface area contributed by atoms with Crippen LogP contribution in [0, 0.1) is 0 Å². The van der Waals surface area contributed by atoms with Crippen LogP contribution in [0.25, 0.3) is 44.5 Å². The third-order valence-electron chi connectivity index (χ3n) is 11.0. The van der Waals surface area contributed by atoms with Gasteiger partial charge >= 0.3 is 0 Å². The van der Waals surface area contributed by atoms with Crippen LogP contribution in [0.5, 0.6) is 0 Å². The highest BCUT2D eigenvalue weighted by atomic mass is 15.1. The molecular weight excluding hydrogens is 749 g/mol. The van der Waals surface area contributed by atoms with Gasteiger partial charge in [-0.15, -0.1) is 0 Å². The predicted molar refractivity (Wildman–Crippen MR) is 269 cm³/mol. The second kappa shape index (κ2) is 19.2. The van der Waals surface area contributed by atoms with Crippen LogP contribution in [0.3, 0.4) is 0 Å². The summed E-state index contributed by atoms with van der Waals surface area (Å²) >= 11 is 0. The van der Waals surface area contributed by atoms with E-state index in [0.717, 1.165) is 67.5 Å². The van der Waals surface area contributed by atoms with Crippen LogP contribution in [0.1, 0.15) is 11.1 Å². The van der Waals surface area contributed by atoms with E-state index in [9.17, 15) is 0 Å². The minimum atomic E-state index is 1.03. The van der Waals surface area contributed by atoms with Crippen molar-refractivity contribution >= 4 is 45.3 Å². The van der Waals surface area contributed by atoms with Crippen LogP contribution in [0.2, 0.25) is 0 Å². The third-order valence-corrected chi connectivity index (χ3v) is 11.0. The van der Waals surface area contributed by atoms with E-state index in [2.05, 4.69) is 230 Å². The molecule has 0 saturated carbocycles. The van der Waals surface area contributed by atoms with E-state index in [0.29, 0.717) is 0 Å². The van der Waals surface area contributed by atoms with E-state index >= 15 is 0 Å². The molecule has 0 N–H and O–H groups in total. The summed E-state index contributed by atoms with van der Waals surface area (Å²) in [4.78, 5) is 4.60. The molecule has 0 bridgehead atoms. The van der Waals surface area contributed by atoms with Gasteiger partial charge in [-0.3, -0.25) is 0 Å². The molecule has 8 rings (SSSR count). The second-order valence-corrected chi connectivity index (χ2v) is 14.8. The van der Waals surface area contributed by atoms with Gasteiger partial charge in [0.1, 0.15) is 0 Å². The monoisotopic (exact) mass is 796 g/mol. The van der Waals surface area contributed by atoms with E-state index in [-0.39, 0.29) is 0 Å². The van der Waals surface area contributed by atoms with E-state index in [4.69, 9.17) is 0 Å². The lowest BCUT2D eigenvalue weighted by Crippen LogP contribution is -2.10. The van der Waals surface area contributed by atoms with Crippen molar-refractivity contribution in [2.24, 2.45) is 0 Å². The highest BCUT2D eigenvalue weighted by Crippen LogP contribution is 2.40. The largest absolute Gasteiger partial charge is 0.311 e. The summed E-state index contributed by atoms with van der Waals surface area (Å²) in [5, 5.41) is 0. The Balaban J connectivity index is 1.11. The van der Waals surface area contributed by atoms with Gasteiger partial charge in [0, 0.05) is 34.1 Å². The van der Waals surface area contributed by atoms with Crippen LogP contribution in [-0.2, 0) is 0 Å². The number of hydrogen-bond donors (Lipinski definition) is 0. The highest BCUT2D eigenvalue weighted by Gasteiger charge is 2.16. The lowest BCUT2D eigenvalue weighted by molar-refractivity contribution is 1.28. The Morgan fingerprint density at radius 3 is 0.726 bits per heavy atom. The zero-order valence-electron chi connectivity index (χ0n) is 34.8. The quantitative estimate of drug-likeness (QED) is 0.0954. The Bertz CT molecular complexity index is 2630. The van der Waals surface area contributed by atoms with Crippen LogP contribution < -0.4 is 9.80 Å². The predicted octanol–water partition coefficient (Wildman–Crippen LogP) is 17.1. The third kappa shape index (κ3) is 9.01. The Morgan fingerprint density at radius 2 is 0.500 bits per heavy atom. The summed E-state index contributed by atoms with van der Waals surface area (Å²) < 4.78 is 0. The van der Waals surface area contributed by atoms with Gasteiger partial charge in [-0.25, -0.2) is 0 Å². The van der Waals surface area contributed by atoms with Gasteiger partial charge in [0.25, 0.3) is 0 Å². The summed E-state index contributed by atoms with van der Waals surface area (Å²) in [6.45, 7) is 15.8. The molecule has 0 fully saturated rings. The molecule has 0 unspecified atom stereocenters. The first-order valence-electron chi connectivity index (χ1n) is 20.8. The normalized spacial score (nSPS) is 11.4. The first kappa shape index (κ1) is 40.6. The maximum atomic E-state index is 4.01. The fourth-order valence-corrected chi connectivity index (χ4v) is 7.79. The molecule has 0 aliphatic rings. The van der Waals surface area contributed by atoms with Crippen molar-refractivity contribution in [2.75, 3.05) is 9.80 Å². The topological polar surface area (TPSA) is 6.48 Å². The Kier molecular flexibility index (Phi) is 12.6. The van der Waals surface area contributed by atoms with Gasteiger partial charge in [-0.1, -0.05) is 196 Å². The van der Waals surface area contributed by atoms with Gasteiger partial charge in [-0.05, 0) is 128 Å². The summed E-state index contributed by atoms with van der Waals surface area (Å²) in [7, 11) is 0. The van der Waals surface area contributed by atoms with E-state index in [1.807, 2.05) is 36.4 Å². The molecule has 62 heavy (non-hydrogen) atoms. The van der Waals surface area contributed by atoms with Crippen molar-refractivity contribution in [1.82, 2.24) is 0 Å². The first-order valence-corrected chi connectivity index (χ1v) is 20.8. The van der Waals surface area contributed by atoms with Gasteiger partial charge in [0.2, 0.25) is 0 Å². The molecule has 0 saturated heterocycles. The van der Waals surface area contributed by atoms with Crippen molar-refractivity contribution in [3.05, 3.63) is 280 Å². The Labute approximate surface area is 367 Å². The number of benzene rings is 8. The van der Waals surface area contributed by atoms with Crippen LogP contribution in [0.4, 0.5) is 34.1 Å². The van der Waals surface area contributed by atoms with Crippen molar-refractivity contribution in [1.29, 1.82) is 0 Å². The lowest BCUT2D eigenvalue weighted by Gasteiger charge is -2.27. The van der Waals surface area contributed by atoms with Crippen LogP contribution in [-0.4, -0.2) is 0 Å². The molecule has 0 aromatic heterocycles. The minimum Gasteiger partial charge on any atom is -0.311 e. The average molecular weight is 797 g/mol. The molecule has 0 amide bonds. The fourth-order valence-electron chi connectivity index (χ4n) is 7.79. The molecule has 298 valence electrons. The average Bonchev–Trinajstić information content (AvgIpc) is 3.34. The summed E-state index contributed by atoms with van der Waals surface area (Å²) in [6, 6.07) is 73.4.